The van der Waals surface area contributed by atoms with Gasteiger partial charge in [0.15, 0.2) is 0 Å². The number of nitrogens with zero attached hydrogens (tertiary/aromatic N) is 2. The third-order valence-electron chi connectivity index (χ3n) is 3.00. The van der Waals surface area contributed by atoms with Crippen LogP contribution in [0, 0.1) is 0 Å². The molecule has 0 aliphatic carbocycles. The fourth-order valence-electron chi connectivity index (χ4n) is 1.98. The van der Waals surface area contributed by atoms with Crippen molar-refractivity contribution in [2.75, 3.05) is 5.32 Å². The van der Waals surface area contributed by atoms with Gasteiger partial charge in [-0.25, -0.2) is 4.98 Å². The largest absolute Gasteiger partial charge is 0.379 e. The molecule has 2 aromatic heterocycles. The monoisotopic (exact) mass is 271 g/mol. The van der Waals surface area contributed by atoms with Gasteiger partial charge in [-0.15, -0.1) is 11.6 Å². The molecule has 19 heavy (non-hydrogen) atoms. The fourth-order valence-corrected chi connectivity index (χ4v) is 2.15. The van der Waals surface area contributed by atoms with Gasteiger partial charge in [-0.2, -0.15) is 0 Å². The van der Waals surface area contributed by atoms with Crippen molar-refractivity contribution in [1.82, 2.24) is 9.38 Å². The lowest BCUT2D eigenvalue weighted by atomic mass is 10.2. The van der Waals surface area contributed by atoms with Crippen LogP contribution >= 0.6 is 11.6 Å². The zero-order valence-electron chi connectivity index (χ0n) is 10.4. The smallest absolute Gasteiger partial charge is 0.137 e. The minimum Gasteiger partial charge on any atom is -0.379 e. The maximum absolute atomic E-state index is 5.76. The Morgan fingerprint density at radius 2 is 1.95 bits per heavy atom. The minimum atomic E-state index is 0.548. The topological polar surface area (TPSA) is 29.3 Å². The summed E-state index contributed by atoms with van der Waals surface area (Å²) in [5.74, 6) is 0.548. The molecule has 1 N–H and O–H groups in total. The molecular formula is C15H14ClN3. The number of alkyl halides is 1. The van der Waals surface area contributed by atoms with Gasteiger partial charge in [-0.3, -0.25) is 0 Å². The van der Waals surface area contributed by atoms with E-state index in [1.54, 1.807) is 0 Å². The quantitative estimate of drug-likeness (QED) is 0.734. The third kappa shape index (κ3) is 2.71. The predicted molar refractivity (Wildman–Crippen MR) is 78.5 cm³/mol. The van der Waals surface area contributed by atoms with Crippen molar-refractivity contribution in [1.29, 1.82) is 0 Å². The summed E-state index contributed by atoms with van der Waals surface area (Å²) in [6, 6.07) is 14.1. The van der Waals surface area contributed by atoms with Crippen LogP contribution in [0.1, 0.15) is 11.3 Å². The first-order chi connectivity index (χ1) is 9.35. The zero-order valence-corrected chi connectivity index (χ0v) is 11.1. The van der Waals surface area contributed by atoms with Crippen LogP contribution in [0.15, 0.2) is 54.9 Å². The highest BCUT2D eigenvalue weighted by Gasteiger charge is 2.00. The van der Waals surface area contributed by atoms with Crippen molar-refractivity contribution < 1.29 is 0 Å². The highest BCUT2D eigenvalue weighted by molar-refractivity contribution is 6.17. The van der Waals surface area contributed by atoms with Crippen molar-refractivity contribution in [3.63, 3.8) is 0 Å². The van der Waals surface area contributed by atoms with Crippen LogP contribution in [0.2, 0.25) is 0 Å². The summed E-state index contributed by atoms with van der Waals surface area (Å²) in [6.45, 7) is 0.710. The molecule has 1 aromatic carbocycles. The van der Waals surface area contributed by atoms with E-state index in [9.17, 15) is 0 Å². The molecule has 0 spiro atoms. The lowest BCUT2D eigenvalue weighted by Gasteiger charge is -2.04. The van der Waals surface area contributed by atoms with Gasteiger partial charge in [0, 0.05) is 24.0 Å². The number of anilines is 1. The van der Waals surface area contributed by atoms with Gasteiger partial charge in [0.2, 0.25) is 0 Å². The lowest BCUT2D eigenvalue weighted by Crippen LogP contribution is -1.99. The summed E-state index contributed by atoms with van der Waals surface area (Å²) in [5, 5.41) is 3.35. The molecule has 0 saturated carbocycles. The average Bonchev–Trinajstić information content (AvgIpc) is 2.88. The number of nitrogens with one attached hydrogen (secondary N) is 1. The molecule has 3 nitrogen and oxygen atoms in total. The van der Waals surface area contributed by atoms with E-state index in [1.165, 1.54) is 0 Å². The Hall–Kier alpha value is -2.00. The van der Waals surface area contributed by atoms with E-state index in [2.05, 4.69) is 10.3 Å². The molecule has 0 unspecified atom stereocenters. The first kappa shape index (κ1) is 12.1. The summed E-state index contributed by atoms with van der Waals surface area (Å²) in [6.07, 6.45) is 4.04. The van der Waals surface area contributed by atoms with Crippen LogP contribution in [0.25, 0.3) is 5.65 Å². The van der Waals surface area contributed by atoms with Crippen LogP contribution in [-0.4, -0.2) is 9.38 Å². The van der Waals surface area contributed by atoms with Crippen molar-refractivity contribution >= 4 is 22.9 Å². The minimum absolute atomic E-state index is 0.548. The first-order valence-electron chi connectivity index (χ1n) is 6.16. The van der Waals surface area contributed by atoms with E-state index in [-0.39, 0.29) is 0 Å². The van der Waals surface area contributed by atoms with Crippen LogP contribution in [-0.2, 0) is 12.4 Å². The molecule has 0 radical (unpaired) electrons. The number of pyridine rings is 1. The summed E-state index contributed by atoms with van der Waals surface area (Å²) in [7, 11) is 0. The highest BCUT2D eigenvalue weighted by Crippen LogP contribution is 2.13. The molecule has 3 aromatic rings. The number of hydrogen-bond donors (Lipinski definition) is 1. The van der Waals surface area contributed by atoms with E-state index < -0.39 is 0 Å². The molecule has 0 aliphatic heterocycles. The highest BCUT2D eigenvalue weighted by atomic mass is 35.5. The molecule has 0 amide bonds. The second-order valence-corrected chi connectivity index (χ2v) is 4.65. The molecular weight excluding hydrogens is 258 g/mol. The number of hydrogen-bond acceptors (Lipinski definition) is 2. The number of benzene rings is 1. The lowest BCUT2D eigenvalue weighted by molar-refractivity contribution is 1.08. The second kappa shape index (κ2) is 5.33. The van der Waals surface area contributed by atoms with E-state index in [4.69, 9.17) is 11.6 Å². The Morgan fingerprint density at radius 3 is 2.68 bits per heavy atom. The van der Waals surface area contributed by atoms with Gasteiger partial charge < -0.3 is 9.72 Å². The van der Waals surface area contributed by atoms with Crippen molar-refractivity contribution in [3.8, 4) is 0 Å². The third-order valence-corrected chi connectivity index (χ3v) is 3.30. The van der Waals surface area contributed by atoms with Gasteiger partial charge >= 0.3 is 0 Å². The van der Waals surface area contributed by atoms with Gasteiger partial charge in [0.1, 0.15) is 5.65 Å². The number of rotatable bonds is 4. The van der Waals surface area contributed by atoms with Gasteiger partial charge in [-0.05, 0) is 29.8 Å². The van der Waals surface area contributed by atoms with Gasteiger partial charge in [0.05, 0.1) is 12.2 Å². The molecule has 2 heterocycles. The van der Waals surface area contributed by atoms with Crippen molar-refractivity contribution in [3.05, 3.63) is 66.1 Å². The molecule has 3 rings (SSSR count). The number of imidazole rings is 1. The van der Waals surface area contributed by atoms with Gasteiger partial charge in [-0.1, -0.05) is 18.2 Å². The second-order valence-electron chi connectivity index (χ2n) is 4.38. The van der Waals surface area contributed by atoms with Crippen molar-refractivity contribution in [2.24, 2.45) is 0 Å². The standard InChI is InChI=1S/C15H14ClN3/c16-9-12-4-6-13(7-5-12)17-10-14-11-19-8-2-1-3-15(19)18-14/h1-8,11,17H,9-10H2. The molecule has 4 heteroatoms. The Balaban J connectivity index is 1.70. The predicted octanol–water partition coefficient (Wildman–Crippen LogP) is 3.69. The number of aromatic nitrogens is 2. The van der Waals surface area contributed by atoms with Gasteiger partial charge in [0.25, 0.3) is 0 Å². The summed E-state index contributed by atoms with van der Waals surface area (Å²) in [5.41, 5.74) is 4.19. The Morgan fingerprint density at radius 1 is 1.11 bits per heavy atom. The van der Waals surface area contributed by atoms with Crippen molar-refractivity contribution in [2.45, 2.75) is 12.4 Å². The average molecular weight is 272 g/mol. The SMILES string of the molecule is ClCc1ccc(NCc2cn3ccccc3n2)cc1. The Kier molecular flexibility index (Phi) is 3.38. The van der Waals surface area contributed by atoms with Crippen LogP contribution < -0.4 is 5.32 Å². The Bertz CT molecular complexity index is 640. The Labute approximate surface area is 116 Å². The molecule has 0 aliphatic rings. The van der Waals surface area contributed by atoms with E-state index in [1.807, 2.05) is 59.3 Å². The van der Waals surface area contributed by atoms with E-state index in [0.29, 0.717) is 12.4 Å². The number of fused-ring (bicyclic) bond motifs is 1. The van der Waals surface area contributed by atoms with Crippen LogP contribution in [0.4, 0.5) is 5.69 Å². The van der Waals surface area contributed by atoms with E-state index in [0.717, 1.165) is 22.6 Å². The molecule has 0 atom stereocenters. The van der Waals surface area contributed by atoms with Crippen LogP contribution in [0.5, 0.6) is 0 Å². The fraction of sp³-hybridized carbons (Fsp3) is 0.133. The summed E-state index contributed by atoms with van der Waals surface area (Å²) >= 11 is 5.76. The normalized spacial score (nSPS) is 10.8. The molecule has 0 fully saturated rings. The number of halogens is 1. The summed E-state index contributed by atoms with van der Waals surface area (Å²) in [4.78, 5) is 4.54. The maximum atomic E-state index is 5.76. The summed E-state index contributed by atoms with van der Waals surface area (Å²) < 4.78 is 2.02. The molecule has 0 saturated heterocycles. The van der Waals surface area contributed by atoms with Crippen LogP contribution in [0.3, 0.4) is 0 Å². The first-order valence-corrected chi connectivity index (χ1v) is 6.70. The van der Waals surface area contributed by atoms with E-state index >= 15 is 0 Å². The molecule has 0 bridgehead atoms. The zero-order chi connectivity index (χ0) is 13.1. The maximum Gasteiger partial charge on any atom is 0.137 e. The molecule has 96 valence electrons.